The van der Waals surface area contributed by atoms with Crippen molar-refractivity contribution in [2.24, 2.45) is 0 Å². The Balaban J connectivity index is 4.72. The molecule has 0 saturated carbocycles. The van der Waals surface area contributed by atoms with Crippen LogP contribution < -0.4 is 5.32 Å². The van der Waals surface area contributed by atoms with Gasteiger partial charge in [0.05, 0.1) is 39.9 Å². The van der Waals surface area contributed by atoms with Crippen LogP contribution in [0.5, 0.6) is 0 Å². The molecule has 0 rings (SSSR count). The second kappa shape index (κ2) is 34.2. The lowest BCUT2D eigenvalue weighted by Gasteiger charge is -2.25. The van der Waals surface area contributed by atoms with Gasteiger partial charge in [0, 0.05) is 6.42 Å². The molecule has 3 N–H and O–H groups in total. The van der Waals surface area contributed by atoms with Crippen LogP contribution in [-0.2, 0) is 18.4 Å². The monoisotopic (exact) mass is 746 g/mol. The second-order valence-electron chi connectivity index (χ2n) is 13.9. The molecule has 0 aromatic carbocycles. The van der Waals surface area contributed by atoms with Gasteiger partial charge in [0.25, 0.3) is 0 Å². The number of carbonyl (C=O) groups excluding carboxylic acids is 1. The van der Waals surface area contributed by atoms with Crippen LogP contribution in [0.1, 0.15) is 117 Å². The van der Waals surface area contributed by atoms with Gasteiger partial charge < -0.3 is 19.8 Å². The molecule has 0 fully saturated rings. The molecule has 8 nitrogen and oxygen atoms in total. The van der Waals surface area contributed by atoms with Gasteiger partial charge in [-0.25, -0.2) is 4.57 Å². The van der Waals surface area contributed by atoms with Crippen LogP contribution in [0.2, 0.25) is 0 Å². The van der Waals surface area contributed by atoms with Gasteiger partial charge in [0.15, 0.2) is 0 Å². The number of rotatable bonds is 33. The summed E-state index contributed by atoms with van der Waals surface area (Å²) in [6, 6.07) is -0.903. The van der Waals surface area contributed by atoms with E-state index in [1.807, 2.05) is 27.2 Å². The molecule has 296 valence electrons. The molecule has 0 bridgehead atoms. The lowest BCUT2D eigenvalue weighted by Crippen LogP contribution is -2.45. The normalized spacial score (nSPS) is 15.6. The van der Waals surface area contributed by atoms with Crippen molar-refractivity contribution in [1.29, 1.82) is 0 Å². The number of carbonyl (C=O) groups is 1. The van der Waals surface area contributed by atoms with Crippen LogP contribution in [-0.4, -0.2) is 73.4 Å². The van der Waals surface area contributed by atoms with E-state index in [1.54, 1.807) is 6.08 Å². The van der Waals surface area contributed by atoms with E-state index in [2.05, 4.69) is 104 Å². The number of quaternary nitrogens is 1. The van der Waals surface area contributed by atoms with Crippen molar-refractivity contribution in [1.82, 2.24) is 5.32 Å². The summed E-state index contributed by atoms with van der Waals surface area (Å²) in [7, 11) is 1.49. The molecule has 0 aromatic rings. The molecule has 0 aromatic heterocycles. The minimum Gasteiger partial charge on any atom is -0.387 e. The first-order chi connectivity index (χ1) is 25.0. The van der Waals surface area contributed by atoms with E-state index < -0.39 is 20.0 Å². The topological polar surface area (TPSA) is 105 Å². The zero-order valence-electron chi connectivity index (χ0n) is 33.2. The van der Waals surface area contributed by atoms with E-state index >= 15 is 0 Å². The molecule has 0 radical (unpaired) electrons. The molecule has 0 aliphatic rings. The highest BCUT2D eigenvalue weighted by molar-refractivity contribution is 7.47. The molecule has 3 atom stereocenters. The molecule has 0 saturated heterocycles. The first kappa shape index (κ1) is 49.4. The Morgan fingerprint density at radius 2 is 1.15 bits per heavy atom. The van der Waals surface area contributed by atoms with Gasteiger partial charge in [-0.05, 0) is 83.5 Å². The third kappa shape index (κ3) is 35.8. The van der Waals surface area contributed by atoms with Gasteiger partial charge in [-0.15, -0.1) is 0 Å². The van der Waals surface area contributed by atoms with Gasteiger partial charge in [-0.2, -0.15) is 0 Å². The van der Waals surface area contributed by atoms with E-state index in [0.29, 0.717) is 17.4 Å². The molecule has 0 aliphatic heterocycles. The summed E-state index contributed by atoms with van der Waals surface area (Å²) < 4.78 is 23.4. The summed E-state index contributed by atoms with van der Waals surface area (Å²) in [4.78, 5) is 23.0. The van der Waals surface area contributed by atoms with Crippen molar-refractivity contribution in [2.45, 2.75) is 129 Å². The fourth-order valence-electron chi connectivity index (χ4n) is 4.63. The maximum absolute atomic E-state index is 12.8. The fourth-order valence-corrected chi connectivity index (χ4v) is 5.37. The van der Waals surface area contributed by atoms with Gasteiger partial charge in [0.1, 0.15) is 13.2 Å². The summed E-state index contributed by atoms with van der Waals surface area (Å²) in [6.45, 7) is 4.54. The van der Waals surface area contributed by atoms with Crippen molar-refractivity contribution in [3.05, 3.63) is 97.2 Å². The smallest absolute Gasteiger partial charge is 0.387 e. The van der Waals surface area contributed by atoms with Crippen LogP contribution in [0.15, 0.2) is 97.2 Å². The molecule has 1 amide bonds. The highest BCUT2D eigenvalue weighted by atomic mass is 31.2. The number of likely N-dealkylation sites (N-methyl/N-ethyl adjacent to an activating group) is 1. The van der Waals surface area contributed by atoms with Crippen LogP contribution in [0.3, 0.4) is 0 Å². The summed E-state index contributed by atoms with van der Waals surface area (Å²) in [5.41, 5.74) is 0. The highest BCUT2D eigenvalue weighted by Crippen LogP contribution is 2.43. The van der Waals surface area contributed by atoms with Crippen molar-refractivity contribution in [3.63, 3.8) is 0 Å². The van der Waals surface area contributed by atoms with Gasteiger partial charge in [-0.1, -0.05) is 124 Å². The first-order valence-electron chi connectivity index (χ1n) is 19.6. The Morgan fingerprint density at radius 3 is 1.69 bits per heavy atom. The number of nitrogens with one attached hydrogen (secondary N) is 1. The number of amides is 1. The van der Waals surface area contributed by atoms with Gasteiger partial charge in [0.2, 0.25) is 5.91 Å². The van der Waals surface area contributed by atoms with Gasteiger partial charge in [-0.3, -0.25) is 13.8 Å². The molecule has 0 spiro atoms. The van der Waals surface area contributed by atoms with Crippen LogP contribution >= 0.6 is 7.82 Å². The zero-order valence-corrected chi connectivity index (χ0v) is 34.1. The van der Waals surface area contributed by atoms with Crippen LogP contribution in [0, 0.1) is 0 Å². The number of phosphoric ester groups is 1. The number of allylic oxidation sites excluding steroid dienone is 15. The molecular formula is C43H74N2O6P+. The predicted molar refractivity (Wildman–Crippen MR) is 221 cm³/mol. The second-order valence-corrected chi connectivity index (χ2v) is 15.4. The third-order valence-electron chi connectivity index (χ3n) is 7.77. The number of nitrogens with zero attached hydrogens (tertiary/aromatic N) is 1. The van der Waals surface area contributed by atoms with Crippen molar-refractivity contribution in [3.8, 4) is 0 Å². The Morgan fingerprint density at radius 1 is 0.673 bits per heavy atom. The Kier molecular flexibility index (Phi) is 32.5. The van der Waals surface area contributed by atoms with E-state index in [-0.39, 0.29) is 25.5 Å². The number of unbranched alkanes of at least 4 members (excludes halogenated alkanes) is 6. The van der Waals surface area contributed by atoms with Crippen molar-refractivity contribution >= 4 is 13.7 Å². The molecule has 0 aliphatic carbocycles. The first-order valence-corrected chi connectivity index (χ1v) is 21.1. The summed E-state index contributed by atoms with van der Waals surface area (Å²) in [5, 5.41) is 13.7. The Bertz CT molecular complexity index is 1160. The Hall–Kier alpha value is -2.58. The number of aliphatic hydroxyl groups excluding tert-OH is 1. The maximum Gasteiger partial charge on any atom is 0.472 e. The minimum absolute atomic E-state index is 0.0370. The summed E-state index contributed by atoms with van der Waals surface area (Å²) in [6.07, 6.45) is 47.7. The Labute approximate surface area is 318 Å². The third-order valence-corrected chi connectivity index (χ3v) is 8.75. The fraction of sp³-hybridized carbons (Fsp3) is 0.605. The SMILES string of the molecule is CC/C=C\C/C=C\C/C=C\C/C=C\C/C=C\CCCC(=O)NC(COP(=O)(O)OCC[N+](C)(C)C)C(O)/C=C/CC/C=C/CC/C=C/CCCCC. The van der Waals surface area contributed by atoms with Crippen molar-refractivity contribution in [2.75, 3.05) is 40.9 Å². The average Bonchev–Trinajstić information content (AvgIpc) is 3.09. The van der Waals surface area contributed by atoms with Crippen LogP contribution in [0.4, 0.5) is 0 Å². The van der Waals surface area contributed by atoms with Crippen LogP contribution in [0.25, 0.3) is 0 Å². The van der Waals surface area contributed by atoms with Crippen molar-refractivity contribution < 1.29 is 32.9 Å². The standard InChI is InChI=1S/C43H73N2O6P/c1-6-8-10-12-14-16-18-20-21-22-23-25-27-29-31-33-35-37-43(47)44-41(40-51-52(48,49)50-39-38-45(3,4)5)42(46)36-34-32-30-28-26-24-19-17-15-13-11-9-7-2/h8,10,14-17,20-21,23,25-26,28-29,31,34,36,41-42,46H,6-7,9,11-13,18-19,22,24,27,30,32-33,35,37-40H2,1-5H3,(H-,44,47,48,49)/p+1/b10-8-,16-14-,17-15+,21-20-,25-23-,28-26+,31-29-,36-34+. The molecule has 3 unspecified atom stereocenters. The summed E-state index contributed by atoms with van der Waals surface area (Å²) in [5.74, 6) is -0.255. The highest BCUT2D eigenvalue weighted by Gasteiger charge is 2.27. The number of aliphatic hydroxyl groups is 1. The maximum atomic E-state index is 12.8. The lowest BCUT2D eigenvalue weighted by molar-refractivity contribution is -0.870. The largest absolute Gasteiger partial charge is 0.472 e. The van der Waals surface area contributed by atoms with Gasteiger partial charge >= 0.3 is 7.82 Å². The number of hydrogen-bond acceptors (Lipinski definition) is 5. The molecule has 52 heavy (non-hydrogen) atoms. The predicted octanol–water partition coefficient (Wildman–Crippen LogP) is 10.4. The molecule has 0 heterocycles. The summed E-state index contributed by atoms with van der Waals surface area (Å²) >= 11 is 0. The number of hydrogen-bond donors (Lipinski definition) is 3. The molecule has 9 heteroatoms. The average molecular weight is 746 g/mol. The van der Waals surface area contributed by atoms with E-state index in [0.717, 1.165) is 70.6 Å². The van der Waals surface area contributed by atoms with E-state index in [4.69, 9.17) is 9.05 Å². The lowest BCUT2D eigenvalue weighted by atomic mass is 10.1. The minimum atomic E-state index is -4.36. The van der Waals surface area contributed by atoms with E-state index in [1.165, 1.54) is 19.3 Å². The molecular weight excluding hydrogens is 671 g/mol. The quantitative estimate of drug-likeness (QED) is 0.0267. The zero-order chi connectivity index (χ0) is 38.6. The number of phosphoric acid groups is 1. The van der Waals surface area contributed by atoms with E-state index in [9.17, 15) is 19.4 Å².